The third-order valence-electron chi connectivity index (χ3n) is 1.99. The summed E-state index contributed by atoms with van der Waals surface area (Å²) in [6.45, 7) is 0. The van der Waals surface area contributed by atoms with Crippen LogP contribution in [0.15, 0.2) is 12.1 Å². The van der Waals surface area contributed by atoms with Crippen LogP contribution in [0, 0.1) is 0 Å². The molecule has 1 heterocycles. The Morgan fingerprint density at radius 2 is 2.19 bits per heavy atom. The summed E-state index contributed by atoms with van der Waals surface area (Å²) in [5.74, 6) is 0.894. The molecule has 0 aliphatic heterocycles. The molecule has 7 heteroatoms. The predicted octanol–water partition coefficient (Wildman–Crippen LogP) is 0.576. The predicted molar refractivity (Wildman–Crippen MR) is 60.8 cm³/mol. The number of nitrogen functional groups attached to an aromatic ring is 1. The third-order valence-corrected chi connectivity index (χ3v) is 2.57. The third kappa shape index (κ3) is 2.99. The van der Waals surface area contributed by atoms with E-state index in [0.29, 0.717) is 5.75 Å². The zero-order valence-corrected chi connectivity index (χ0v) is 9.62. The highest BCUT2D eigenvalue weighted by atomic mass is 32.2. The monoisotopic (exact) mass is 243 g/mol. The number of nitrogens with zero attached hydrogens (tertiary/aromatic N) is 1. The van der Waals surface area contributed by atoms with E-state index in [-0.39, 0.29) is 17.7 Å². The van der Waals surface area contributed by atoms with E-state index in [9.17, 15) is 8.42 Å². The van der Waals surface area contributed by atoms with Gasteiger partial charge >= 0.3 is 0 Å². The lowest BCUT2D eigenvalue weighted by molar-refractivity contribution is 0.304. The van der Waals surface area contributed by atoms with Gasteiger partial charge in [-0.1, -0.05) is 0 Å². The maximum atomic E-state index is 11.0. The SMILES string of the molecule is CS(=O)(=O)Nc1ccc(OC2CC2)c(N)n1. The highest BCUT2D eigenvalue weighted by Gasteiger charge is 2.24. The molecule has 16 heavy (non-hydrogen) atoms. The molecule has 3 N–H and O–H groups in total. The van der Waals surface area contributed by atoms with Crippen molar-refractivity contribution in [3.05, 3.63) is 12.1 Å². The highest BCUT2D eigenvalue weighted by molar-refractivity contribution is 7.92. The molecule has 1 fully saturated rings. The lowest BCUT2D eigenvalue weighted by Gasteiger charge is -2.08. The standard InChI is InChI=1S/C9H13N3O3S/c1-16(13,14)12-8-5-4-7(9(10)11-8)15-6-2-3-6/h4-6H,2-3H2,1H3,(H3,10,11,12). The number of hydrogen-bond acceptors (Lipinski definition) is 5. The van der Waals surface area contributed by atoms with Crippen LogP contribution in [0.4, 0.5) is 11.6 Å². The minimum absolute atomic E-state index is 0.195. The number of nitrogens with two attached hydrogens (primary N) is 1. The van der Waals surface area contributed by atoms with Gasteiger partial charge in [-0.25, -0.2) is 13.4 Å². The summed E-state index contributed by atoms with van der Waals surface area (Å²) in [7, 11) is -3.33. The largest absolute Gasteiger partial charge is 0.487 e. The van der Waals surface area contributed by atoms with E-state index in [1.54, 1.807) is 6.07 Å². The average Bonchev–Trinajstić information content (AvgIpc) is 2.90. The van der Waals surface area contributed by atoms with E-state index in [0.717, 1.165) is 19.1 Å². The Morgan fingerprint density at radius 3 is 2.69 bits per heavy atom. The molecule has 0 amide bonds. The second kappa shape index (κ2) is 3.82. The number of hydrogen-bond donors (Lipinski definition) is 2. The summed E-state index contributed by atoms with van der Waals surface area (Å²) in [4.78, 5) is 3.90. The Hall–Kier alpha value is -1.50. The van der Waals surface area contributed by atoms with Crippen LogP contribution < -0.4 is 15.2 Å². The maximum Gasteiger partial charge on any atom is 0.230 e. The first-order valence-corrected chi connectivity index (χ1v) is 6.74. The van der Waals surface area contributed by atoms with Crippen molar-refractivity contribution in [1.29, 1.82) is 0 Å². The molecule has 0 aromatic carbocycles. The molecule has 88 valence electrons. The van der Waals surface area contributed by atoms with Crippen LogP contribution in [0.5, 0.6) is 5.75 Å². The van der Waals surface area contributed by atoms with Gasteiger partial charge in [0.15, 0.2) is 11.6 Å². The van der Waals surface area contributed by atoms with Crippen LogP contribution in [0.25, 0.3) is 0 Å². The van der Waals surface area contributed by atoms with Crippen molar-refractivity contribution in [3.63, 3.8) is 0 Å². The number of rotatable bonds is 4. The second-order valence-electron chi connectivity index (χ2n) is 3.77. The average molecular weight is 243 g/mol. The topological polar surface area (TPSA) is 94.3 Å². The van der Waals surface area contributed by atoms with Gasteiger partial charge in [0, 0.05) is 0 Å². The zero-order valence-electron chi connectivity index (χ0n) is 8.80. The van der Waals surface area contributed by atoms with Crippen molar-refractivity contribution in [3.8, 4) is 5.75 Å². The van der Waals surface area contributed by atoms with Gasteiger partial charge in [-0.15, -0.1) is 0 Å². The number of aromatic nitrogens is 1. The van der Waals surface area contributed by atoms with Gasteiger partial charge in [0.1, 0.15) is 5.82 Å². The molecule has 1 aliphatic rings. The lowest BCUT2D eigenvalue weighted by atomic mass is 10.4. The van der Waals surface area contributed by atoms with Crippen molar-refractivity contribution < 1.29 is 13.2 Å². The van der Waals surface area contributed by atoms with E-state index >= 15 is 0 Å². The Bertz CT molecular complexity index is 497. The van der Waals surface area contributed by atoms with E-state index < -0.39 is 10.0 Å². The molecule has 6 nitrogen and oxygen atoms in total. The van der Waals surface area contributed by atoms with Crippen LogP contribution in [-0.2, 0) is 10.0 Å². The summed E-state index contributed by atoms with van der Waals surface area (Å²) >= 11 is 0. The maximum absolute atomic E-state index is 11.0. The first kappa shape index (κ1) is 11.0. The van der Waals surface area contributed by atoms with Crippen LogP contribution in [0.3, 0.4) is 0 Å². The summed E-state index contributed by atoms with van der Waals surface area (Å²) in [5, 5.41) is 0. The normalized spacial score (nSPS) is 15.8. The lowest BCUT2D eigenvalue weighted by Crippen LogP contribution is -2.12. The summed E-state index contributed by atoms with van der Waals surface area (Å²) in [6, 6.07) is 3.14. The van der Waals surface area contributed by atoms with Gasteiger partial charge in [-0.2, -0.15) is 0 Å². The smallest absolute Gasteiger partial charge is 0.230 e. The Kier molecular flexibility index (Phi) is 2.63. The summed E-state index contributed by atoms with van der Waals surface area (Å²) in [6.07, 6.45) is 3.35. The number of nitrogens with one attached hydrogen (secondary N) is 1. The minimum atomic E-state index is -3.33. The molecular formula is C9H13N3O3S. The Labute approximate surface area is 93.9 Å². The van der Waals surface area contributed by atoms with Crippen LogP contribution in [0.2, 0.25) is 0 Å². The van der Waals surface area contributed by atoms with Crippen LogP contribution in [0.1, 0.15) is 12.8 Å². The molecule has 0 bridgehead atoms. The van der Waals surface area contributed by atoms with Crippen molar-refractivity contribution in [2.75, 3.05) is 16.7 Å². The van der Waals surface area contributed by atoms with Gasteiger partial charge in [0.25, 0.3) is 0 Å². The fraction of sp³-hybridized carbons (Fsp3) is 0.444. The molecule has 1 aliphatic carbocycles. The molecule has 0 radical (unpaired) electrons. The molecule has 2 rings (SSSR count). The van der Waals surface area contributed by atoms with Crippen molar-refractivity contribution >= 4 is 21.7 Å². The van der Waals surface area contributed by atoms with Crippen LogP contribution >= 0.6 is 0 Å². The number of anilines is 2. The van der Waals surface area contributed by atoms with Gasteiger partial charge in [0.05, 0.1) is 12.4 Å². The first-order chi connectivity index (χ1) is 7.44. The Balaban J connectivity index is 2.14. The van der Waals surface area contributed by atoms with Crippen LogP contribution in [-0.4, -0.2) is 25.8 Å². The molecule has 0 saturated heterocycles. The molecule has 0 atom stereocenters. The molecular weight excluding hydrogens is 230 g/mol. The van der Waals surface area contributed by atoms with Gasteiger partial charge in [0.2, 0.25) is 10.0 Å². The van der Waals surface area contributed by atoms with Gasteiger partial charge in [-0.3, -0.25) is 4.72 Å². The molecule has 1 aromatic rings. The number of pyridine rings is 1. The fourth-order valence-corrected chi connectivity index (χ4v) is 1.67. The van der Waals surface area contributed by atoms with Crippen molar-refractivity contribution in [1.82, 2.24) is 4.98 Å². The minimum Gasteiger partial charge on any atom is -0.487 e. The molecule has 0 unspecified atom stereocenters. The first-order valence-electron chi connectivity index (χ1n) is 4.85. The van der Waals surface area contributed by atoms with Crippen molar-refractivity contribution in [2.24, 2.45) is 0 Å². The fourth-order valence-electron chi connectivity index (χ4n) is 1.17. The van der Waals surface area contributed by atoms with E-state index in [2.05, 4.69) is 9.71 Å². The Morgan fingerprint density at radius 1 is 1.50 bits per heavy atom. The zero-order chi connectivity index (χ0) is 11.8. The van der Waals surface area contributed by atoms with Gasteiger partial charge < -0.3 is 10.5 Å². The number of ether oxygens (including phenoxy) is 1. The molecule has 0 spiro atoms. The number of sulfonamides is 1. The molecule has 1 aromatic heterocycles. The van der Waals surface area contributed by atoms with E-state index in [1.165, 1.54) is 6.07 Å². The summed E-state index contributed by atoms with van der Waals surface area (Å²) < 4.78 is 29.6. The second-order valence-corrected chi connectivity index (χ2v) is 5.52. The van der Waals surface area contributed by atoms with E-state index in [4.69, 9.17) is 10.5 Å². The van der Waals surface area contributed by atoms with E-state index in [1.807, 2.05) is 0 Å². The van der Waals surface area contributed by atoms with Gasteiger partial charge in [-0.05, 0) is 25.0 Å². The molecule has 1 saturated carbocycles. The quantitative estimate of drug-likeness (QED) is 0.806. The summed E-state index contributed by atoms with van der Waals surface area (Å²) in [5.41, 5.74) is 5.65. The highest BCUT2D eigenvalue weighted by Crippen LogP contribution is 2.30. The van der Waals surface area contributed by atoms with Crippen molar-refractivity contribution in [2.45, 2.75) is 18.9 Å².